The van der Waals surface area contributed by atoms with E-state index in [4.69, 9.17) is 11.6 Å². The number of carbonyl (C=O) groups excluding carboxylic acids is 1. The Morgan fingerprint density at radius 2 is 1.79 bits per heavy atom. The van der Waals surface area contributed by atoms with Crippen LogP contribution in [0.2, 0.25) is 5.02 Å². The van der Waals surface area contributed by atoms with Crippen LogP contribution in [0.25, 0.3) is 10.2 Å². The number of fused-ring (bicyclic) bond motifs is 1. The number of piperazine rings is 1. The van der Waals surface area contributed by atoms with Gasteiger partial charge in [0.15, 0.2) is 5.13 Å². The lowest BCUT2D eigenvalue weighted by atomic mass is 9.98. The minimum absolute atomic E-state index is 0.00833. The first kappa shape index (κ1) is 23.5. The van der Waals surface area contributed by atoms with Crippen molar-refractivity contribution in [3.8, 4) is 0 Å². The molecule has 3 heterocycles. The maximum absolute atomic E-state index is 13.2. The number of halogens is 2. The standard InChI is InChI=1S/C23H24ClFN4O3S2/c24-19-4-1-5-20-21(19)26-23(33-20)28-13-11-27(12-14-28)22(30)16-3-2-10-29(15-16)34(31,32)18-8-6-17(25)7-9-18/h1,4-9,16H,2-3,10-15H2. The quantitative estimate of drug-likeness (QED) is 0.520. The van der Waals surface area contributed by atoms with Gasteiger partial charge in [-0.2, -0.15) is 4.31 Å². The fraction of sp³-hybridized carbons (Fsp3) is 0.391. The number of anilines is 1. The molecule has 0 N–H and O–H groups in total. The van der Waals surface area contributed by atoms with Crippen LogP contribution in [-0.2, 0) is 14.8 Å². The first-order valence-corrected chi connectivity index (χ1v) is 13.8. The third-order valence-corrected chi connectivity index (χ3v) is 9.67. The number of piperidine rings is 1. The van der Waals surface area contributed by atoms with Gasteiger partial charge in [-0.1, -0.05) is 29.0 Å². The molecule has 34 heavy (non-hydrogen) atoms. The Labute approximate surface area is 206 Å². The smallest absolute Gasteiger partial charge is 0.243 e. The number of benzene rings is 2. The maximum atomic E-state index is 13.2. The normalized spacial score (nSPS) is 20.1. The SMILES string of the molecule is O=C(C1CCCN(S(=O)(=O)c2ccc(F)cc2)C1)N1CCN(c2nc3c(Cl)cccc3s2)CC1. The van der Waals surface area contributed by atoms with Crippen LogP contribution in [0.15, 0.2) is 47.4 Å². The molecule has 0 spiro atoms. The van der Waals surface area contributed by atoms with Crippen LogP contribution in [0.1, 0.15) is 12.8 Å². The fourth-order valence-electron chi connectivity index (χ4n) is 4.53. The van der Waals surface area contributed by atoms with Gasteiger partial charge < -0.3 is 9.80 Å². The van der Waals surface area contributed by atoms with Gasteiger partial charge in [-0.3, -0.25) is 4.79 Å². The largest absolute Gasteiger partial charge is 0.345 e. The summed E-state index contributed by atoms with van der Waals surface area (Å²) in [6, 6.07) is 10.5. The minimum atomic E-state index is -3.77. The topological polar surface area (TPSA) is 73.8 Å². The molecule has 2 aliphatic heterocycles. The van der Waals surface area contributed by atoms with E-state index in [0.29, 0.717) is 50.6 Å². The van der Waals surface area contributed by atoms with Crippen molar-refractivity contribution in [2.24, 2.45) is 5.92 Å². The van der Waals surface area contributed by atoms with Crippen LogP contribution in [0.5, 0.6) is 0 Å². The number of carbonyl (C=O) groups is 1. The van der Waals surface area contributed by atoms with Crippen molar-refractivity contribution < 1.29 is 17.6 Å². The maximum Gasteiger partial charge on any atom is 0.243 e. The van der Waals surface area contributed by atoms with Gasteiger partial charge in [0.25, 0.3) is 0 Å². The molecule has 11 heteroatoms. The lowest BCUT2D eigenvalue weighted by Crippen LogP contribution is -2.53. The molecule has 0 aliphatic carbocycles. The molecule has 1 unspecified atom stereocenters. The summed E-state index contributed by atoms with van der Waals surface area (Å²) >= 11 is 7.85. The van der Waals surface area contributed by atoms with Crippen LogP contribution in [0, 0.1) is 11.7 Å². The number of hydrogen-bond acceptors (Lipinski definition) is 6. The van der Waals surface area contributed by atoms with Gasteiger partial charge in [0, 0.05) is 39.3 Å². The van der Waals surface area contributed by atoms with Crippen molar-refractivity contribution in [1.29, 1.82) is 0 Å². The Morgan fingerprint density at radius 3 is 2.50 bits per heavy atom. The number of rotatable bonds is 4. The van der Waals surface area contributed by atoms with E-state index >= 15 is 0 Å². The van der Waals surface area contributed by atoms with Gasteiger partial charge in [0.2, 0.25) is 15.9 Å². The molecule has 3 aromatic rings. The van der Waals surface area contributed by atoms with Crippen molar-refractivity contribution in [3.05, 3.63) is 53.3 Å². The van der Waals surface area contributed by atoms with Crippen LogP contribution < -0.4 is 4.90 Å². The van der Waals surface area contributed by atoms with E-state index in [2.05, 4.69) is 9.88 Å². The van der Waals surface area contributed by atoms with Crippen LogP contribution in [0.4, 0.5) is 9.52 Å². The number of sulfonamides is 1. The second kappa shape index (κ2) is 9.41. The molecule has 2 fully saturated rings. The molecule has 0 radical (unpaired) electrons. The van der Waals surface area contributed by atoms with E-state index in [9.17, 15) is 17.6 Å². The Bertz CT molecular complexity index is 1310. The van der Waals surface area contributed by atoms with E-state index in [0.717, 1.165) is 27.5 Å². The zero-order valence-electron chi connectivity index (χ0n) is 18.4. The van der Waals surface area contributed by atoms with E-state index < -0.39 is 15.8 Å². The number of hydrogen-bond donors (Lipinski definition) is 0. The second-order valence-corrected chi connectivity index (χ2v) is 11.9. The second-order valence-electron chi connectivity index (χ2n) is 8.55. The Hall–Kier alpha value is -2.27. The fourth-order valence-corrected chi connectivity index (χ4v) is 7.37. The number of aromatic nitrogens is 1. The lowest BCUT2D eigenvalue weighted by Gasteiger charge is -2.38. The highest BCUT2D eigenvalue weighted by molar-refractivity contribution is 7.89. The summed E-state index contributed by atoms with van der Waals surface area (Å²) in [6.07, 6.45) is 1.27. The minimum Gasteiger partial charge on any atom is -0.345 e. The summed E-state index contributed by atoms with van der Waals surface area (Å²) in [6.45, 7) is 2.95. The van der Waals surface area contributed by atoms with Gasteiger partial charge in [-0.15, -0.1) is 0 Å². The third-order valence-electron chi connectivity index (χ3n) is 6.41. The average Bonchev–Trinajstić information content (AvgIpc) is 3.30. The molecule has 2 aliphatic rings. The van der Waals surface area contributed by atoms with Crippen molar-refractivity contribution >= 4 is 54.2 Å². The number of para-hydroxylation sites is 1. The zero-order valence-corrected chi connectivity index (χ0v) is 20.8. The predicted molar refractivity (Wildman–Crippen MR) is 131 cm³/mol. The average molecular weight is 523 g/mol. The summed E-state index contributed by atoms with van der Waals surface area (Å²) < 4.78 is 41.6. The third kappa shape index (κ3) is 4.51. The number of thiazole rings is 1. The van der Waals surface area contributed by atoms with Gasteiger partial charge in [0.1, 0.15) is 11.3 Å². The highest BCUT2D eigenvalue weighted by Gasteiger charge is 2.36. The van der Waals surface area contributed by atoms with E-state index in [-0.39, 0.29) is 23.3 Å². The molecule has 1 aromatic heterocycles. The molecule has 1 amide bonds. The van der Waals surface area contributed by atoms with E-state index in [1.165, 1.54) is 16.4 Å². The molecule has 1 atom stereocenters. The molecular weight excluding hydrogens is 499 g/mol. The Balaban J connectivity index is 1.22. The molecule has 2 saturated heterocycles. The predicted octanol–water partition coefficient (Wildman–Crippen LogP) is 3.84. The summed E-state index contributed by atoms with van der Waals surface area (Å²) in [7, 11) is -3.77. The van der Waals surface area contributed by atoms with Gasteiger partial charge in [-0.25, -0.2) is 17.8 Å². The van der Waals surface area contributed by atoms with Crippen molar-refractivity contribution in [3.63, 3.8) is 0 Å². The van der Waals surface area contributed by atoms with Gasteiger partial charge in [-0.05, 0) is 49.2 Å². The number of amides is 1. The molecule has 2 aromatic carbocycles. The molecule has 180 valence electrons. The van der Waals surface area contributed by atoms with Gasteiger partial charge >= 0.3 is 0 Å². The number of nitrogens with zero attached hydrogens (tertiary/aromatic N) is 4. The lowest BCUT2D eigenvalue weighted by molar-refractivity contribution is -0.137. The first-order chi connectivity index (χ1) is 16.3. The van der Waals surface area contributed by atoms with Crippen molar-refractivity contribution in [1.82, 2.24) is 14.2 Å². The molecule has 0 bridgehead atoms. The highest BCUT2D eigenvalue weighted by atomic mass is 35.5. The van der Waals surface area contributed by atoms with Crippen LogP contribution >= 0.6 is 22.9 Å². The van der Waals surface area contributed by atoms with Crippen molar-refractivity contribution in [2.75, 3.05) is 44.2 Å². The van der Waals surface area contributed by atoms with Gasteiger partial charge in [0.05, 0.1) is 20.5 Å². The molecule has 5 rings (SSSR count). The molecule has 0 saturated carbocycles. The van der Waals surface area contributed by atoms with Crippen LogP contribution in [-0.4, -0.2) is 67.8 Å². The monoisotopic (exact) mass is 522 g/mol. The molecular formula is C23H24ClFN4O3S2. The van der Waals surface area contributed by atoms with E-state index in [1.807, 2.05) is 23.1 Å². The summed E-state index contributed by atoms with van der Waals surface area (Å²) in [4.78, 5) is 22.0. The summed E-state index contributed by atoms with van der Waals surface area (Å²) in [5.74, 6) is -0.874. The first-order valence-electron chi connectivity index (χ1n) is 11.2. The zero-order chi connectivity index (χ0) is 23.9. The summed E-state index contributed by atoms with van der Waals surface area (Å²) in [5.41, 5.74) is 0.798. The highest BCUT2D eigenvalue weighted by Crippen LogP contribution is 2.33. The van der Waals surface area contributed by atoms with Crippen molar-refractivity contribution in [2.45, 2.75) is 17.7 Å². The summed E-state index contributed by atoms with van der Waals surface area (Å²) in [5, 5.41) is 1.52. The Morgan fingerprint density at radius 1 is 1.06 bits per heavy atom. The Kier molecular flexibility index (Phi) is 6.49. The van der Waals surface area contributed by atoms with E-state index in [1.54, 1.807) is 11.3 Å². The molecule has 7 nitrogen and oxygen atoms in total. The van der Waals surface area contributed by atoms with Crippen LogP contribution in [0.3, 0.4) is 0 Å².